The normalized spacial score (nSPS) is 11.4. The Morgan fingerprint density at radius 1 is 1.43 bits per heavy atom. The number of allylic oxidation sites excluding steroid dienone is 1. The monoisotopic (exact) mass is 190 g/mol. The Morgan fingerprint density at radius 3 is 3.00 bits per heavy atom. The number of aromatic amines is 1. The largest absolute Gasteiger partial charge is 0.516 e. The number of hydrogen-bond donors (Lipinski definition) is 2. The smallest absolute Gasteiger partial charge is 0.326 e. The summed E-state index contributed by atoms with van der Waals surface area (Å²) in [5, 5.41) is 8.52. The van der Waals surface area contributed by atoms with E-state index in [0.29, 0.717) is 6.54 Å². The molecule has 0 fully saturated rings. The number of nitrogens with zero attached hydrogens (tertiary/aromatic N) is 1. The zero-order valence-electron chi connectivity index (χ0n) is 7.47. The van der Waals surface area contributed by atoms with E-state index in [-0.39, 0.29) is 5.69 Å². The average Bonchev–Trinajstić information content (AvgIpc) is 2.51. The van der Waals surface area contributed by atoms with Gasteiger partial charge in [-0.2, -0.15) is 0 Å². The number of aliphatic hydroxyl groups is 1. The molecule has 2 N–H and O–H groups in total. The van der Waals surface area contributed by atoms with Crippen LogP contribution in [0, 0.1) is 0 Å². The van der Waals surface area contributed by atoms with Crippen molar-refractivity contribution >= 4 is 11.0 Å². The van der Waals surface area contributed by atoms with Crippen LogP contribution in [0.2, 0.25) is 0 Å². The van der Waals surface area contributed by atoms with Gasteiger partial charge in [-0.3, -0.25) is 4.57 Å². The highest BCUT2D eigenvalue weighted by molar-refractivity contribution is 5.74. The molecule has 1 heterocycles. The lowest BCUT2D eigenvalue weighted by Crippen LogP contribution is -2.15. The Hall–Kier alpha value is -1.97. The van der Waals surface area contributed by atoms with Crippen LogP contribution in [0.3, 0.4) is 0 Å². The summed E-state index contributed by atoms with van der Waals surface area (Å²) >= 11 is 0. The van der Waals surface area contributed by atoms with Crippen LogP contribution < -0.4 is 5.69 Å². The van der Waals surface area contributed by atoms with Crippen molar-refractivity contribution in [3.63, 3.8) is 0 Å². The topological polar surface area (TPSA) is 58.0 Å². The van der Waals surface area contributed by atoms with Crippen molar-refractivity contribution < 1.29 is 5.11 Å². The highest BCUT2D eigenvalue weighted by Gasteiger charge is 2.02. The van der Waals surface area contributed by atoms with Gasteiger partial charge in [0.15, 0.2) is 0 Å². The fourth-order valence-electron chi connectivity index (χ4n) is 1.44. The van der Waals surface area contributed by atoms with E-state index in [1.807, 2.05) is 24.3 Å². The summed E-state index contributed by atoms with van der Waals surface area (Å²) in [6.07, 6.45) is 2.45. The van der Waals surface area contributed by atoms with Gasteiger partial charge in [0.1, 0.15) is 0 Å². The molecular formula is C10H10N2O2. The van der Waals surface area contributed by atoms with Gasteiger partial charge in [-0.25, -0.2) is 4.79 Å². The van der Waals surface area contributed by atoms with Gasteiger partial charge in [0.05, 0.1) is 17.3 Å². The summed E-state index contributed by atoms with van der Waals surface area (Å²) in [5.74, 6) is 0. The molecule has 0 aliphatic rings. The molecule has 2 rings (SSSR count). The lowest BCUT2D eigenvalue weighted by atomic mass is 10.3. The molecule has 1 aromatic heterocycles. The van der Waals surface area contributed by atoms with Crippen LogP contribution in [-0.4, -0.2) is 14.7 Å². The minimum Gasteiger partial charge on any atom is -0.516 e. The number of aliphatic hydroxyl groups excluding tert-OH is 1. The predicted octanol–water partition coefficient (Wildman–Crippen LogP) is 1.40. The first-order valence-electron chi connectivity index (χ1n) is 4.29. The molecular weight excluding hydrogens is 180 g/mol. The van der Waals surface area contributed by atoms with E-state index in [1.54, 1.807) is 4.57 Å². The van der Waals surface area contributed by atoms with E-state index in [2.05, 4.69) is 4.98 Å². The van der Waals surface area contributed by atoms with Gasteiger partial charge in [0, 0.05) is 6.54 Å². The summed E-state index contributed by atoms with van der Waals surface area (Å²) in [6.45, 7) is 0.374. The summed E-state index contributed by atoms with van der Waals surface area (Å²) in [6, 6.07) is 7.44. The first-order valence-corrected chi connectivity index (χ1v) is 4.29. The molecule has 0 amide bonds. The van der Waals surface area contributed by atoms with E-state index in [0.717, 1.165) is 17.3 Å². The van der Waals surface area contributed by atoms with Crippen molar-refractivity contribution in [3.8, 4) is 0 Å². The SMILES string of the molecule is O=c1[nH]c2ccccc2n1CC=CO. The Kier molecular flexibility index (Phi) is 2.10. The summed E-state index contributed by atoms with van der Waals surface area (Å²) < 4.78 is 1.56. The van der Waals surface area contributed by atoms with Gasteiger partial charge in [0.25, 0.3) is 0 Å². The molecule has 0 saturated carbocycles. The van der Waals surface area contributed by atoms with Gasteiger partial charge in [-0.05, 0) is 18.2 Å². The standard InChI is InChI=1S/C10H10N2O2/c13-7-3-6-12-9-5-2-1-4-8(9)11-10(12)14/h1-5,7,13H,6H2,(H,11,14). The molecule has 2 aromatic rings. The fourth-order valence-corrected chi connectivity index (χ4v) is 1.44. The maximum absolute atomic E-state index is 11.4. The van der Waals surface area contributed by atoms with Gasteiger partial charge in [0.2, 0.25) is 0 Å². The fraction of sp³-hybridized carbons (Fsp3) is 0.100. The van der Waals surface area contributed by atoms with Crippen LogP contribution >= 0.6 is 0 Å². The molecule has 72 valence electrons. The van der Waals surface area contributed by atoms with E-state index < -0.39 is 0 Å². The minimum absolute atomic E-state index is 0.163. The molecule has 0 atom stereocenters. The zero-order chi connectivity index (χ0) is 9.97. The zero-order valence-corrected chi connectivity index (χ0v) is 7.47. The Labute approximate surface area is 80.1 Å². The molecule has 4 heteroatoms. The van der Waals surface area contributed by atoms with Gasteiger partial charge in [-0.1, -0.05) is 12.1 Å². The Balaban J connectivity index is 2.62. The molecule has 14 heavy (non-hydrogen) atoms. The number of nitrogens with one attached hydrogen (secondary N) is 1. The van der Waals surface area contributed by atoms with Crippen molar-refractivity contribution in [2.75, 3.05) is 0 Å². The van der Waals surface area contributed by atoms with Crippen LogP contribution in [0.15, 0.2) is 41.4 Å². The van der Waals surface area contributed by atoms with Crippen molar-refractivity contribution in [1.29, 1.82) is 0 Å². The number of benzene rings is 1. The molecule has 0 radical (unpaired) electrons. The number of para-hydroxylation sites is 2. The first kappa shape index (κ1) is 8.62. The number of fused-ring (bicyclic) bond motifs is 1. The molecule has 0 aliphatic heterocycles. The van der Waals surface area contributed by atoms with E-state index in [9.17, 15) is 4.79 Å². The molecule has 0 aliphatic carbocycles. The summed E-state index contributed by atoms with van der Waals surface area (Å²) in [7, 11) is 0. The van der Waals surface area contributed by atoms with E-state index >= 15 is 0 Å². The minimum atomic E-state index is -0.163. The van der Waals surface area contributed by atoms with Crippen LogP contribution in [0.1, 0.15) is 0 Å². The van der Waals surface area contributed by atoms with Crippen molar-refractivity contribution in [1.82, 2.24) is 9.55 Å². The third-order valence-electron chi connectivity index (χ3n) is 2.07. The summed E-state index contributed by atoms with van der Waals surface area (Å²) in [4.78, 5) is 14.2. The van der Waals surface area contributed by atoms with Crippen LogP contribution in [0.5, 0.6) is 0 Å². The number of hydrogen-bond acceptors (Lipinski definition) is 2. The van der Waals surface area contributed by atoms with Crippen LogP contribution in [-0.2, 0) is 6.54 Å². The van der Waals surface area contributed by atoms with Crippen LogP contribution in [0.25, 0.3) is 11.0 Å². The number of aromatic nitrogens is 2. The molecule has 4 nitrogen and oxygen atoms in total. The Morgan fingerprint density at radius 2 is 2.21 bits per heavy atom. The van der Waals surface area contributed by atoms with Crippen molar-refractivity contribution in [2.45, 2.75) is 6.54 Å². The van der Waals surface area contributed by atoms with Crippen molar-refractivity contribution in [2.24, 2.45) is 0 Å². The molecule has 0 bridgehead atoms. The quantitative estimate of drug-likeness (QED) is 0.703. The lowest BCUT2D eigenvalue weighted by Gasteiger charge is -1.96. The lowest BCUT2D eigenvalue weighted by molar-refractivity contribution is 0.469. The average molecular weight is 190 g/mol. The Bertz CT molecular complexity index is 522. The highest BCUT2D eigenvalue weighted by Crippen LogP contribution is 2.08. The molecule has 0 saturated heterocycles. The van der Waals surface area contributed by atoms with Gasteiger partial charge < -0.3 is 10.1 Å². The predicted molar refractivity (Wildman–Crippen MR) is 54.3 cm³/mol. The number of imidazole rings is 1. The molecule has 1 aromatic carbocycles. The second-order valence-electron chi connectivity index (χ2n) is 2.94. The molecule has 0 unspecified atom stereocenters. The maximum Gasteiger partial charge on any atom is 0.326 e. The maximum atomic E-state index is 11.4. The second-order valence-corrected chi connectivity index (χ2v) is 2.94. The summed E-state index contributed by atoms with van der Waals surface area (Å²) in [5.41, 5.74) is 1.49. The van der Waals surface area contributed by atoms with Gasteiger partial charge in [-0.15, -0.1) is 0 Å². The van der Waals surface area contributed by atoms with E-state index in [1.165, 1.54) is 6.08 Å². The third-order valence-corrected chi connectivity index (χ3v) is 2.07. The number of rotatable bonds is 2. The van der Waals surface area contributed by atoms with E-state index in [4.69, 9.17) is 5.11 Å². The first-order chi connectivity index (χ1) is 6.83. The number of H-pyrrole nitrogens is 1. The highest BCUT2D eigenvalue weighted by atomic mass is 16.2. The third kappa shape index (κ3) is 1.31. The van der Waals surface area contributed by atoms with Crippen LogP contribution in [0.4, 0.5) is 0 Å². The second kappa shape index (κ2) is 3.41. The van der Waals surface area contributed by atoms with Gasteiger partial charge >= 0.3 is 5.69 Å². The molecule has 0 spiro atoms. The van der Waals surface area contributed by atoms with Crippen molar-refractivity contribution in [3.05, 3.63) is 47.1 Å².